The number of amides is 2. The molecule has 1 aliphatic carbocycles. The van der Waals surface area contributed by atoms with Crippen LogP contribution in [0.3, 0.4) is 0 Å². The van der Waals surface area contributed by atoms with Gasteiger partial charge in [0.25, 0.3) is 11.8 Å². The van der Waals surface area contributed by atoms with Crippen LogP contribution in [0.2, 0.25) is 0 Å². The number of rotatable bonds is 5. The first-order chi connectivity index (χ1) is 10.5. The van der Waals surface area contributed by atoms with E-state index >= 15 is 0 Å². The fraction of sp³-hybridized carbons (Fsp3) is 0.529. The number of nitrogens with one attached hydrogen (secondary N) is 1. The lowest BCUT2D eigenvalue weighted by molar-refractivity contribution is -0.124. The van der Waals surface area contributed by atoms with E-state index < -0.39 is 5.91 Å². The quantitative estimate of drug-likeness (QED) is 0.874. The van der Waals surface area contributed by atoms with Crippen LogP contribution in [-0.4, -0.2) is 24.5 Å². The standard InChI is InChI=1S/C17H24N2O3/c1-11-6-5-8-14(12(11)2)19-16(20)10-22-15-9-4-3-7-13(15)17(18)21/h3-4,7,9,11-12,14H,5-6,8,10H2,1-2H3,(H2,18,21)(H,19,20). The molecule has 5 nitrogen and oxygen atoms in total. The zero-order chi connectivity index (χ0) is 16.1. The van der Waals surface area contributed by atoms with Gasteiger partial charge in [0.1, 0.15) is 5.75 Å². The summed E-state index contributed by atoms with van der Waals surface area (Å²) in [6, 6.07) is 6.87. The van der Waals surface area contributed by atoms with Crippen molar-refractivity contribution in [1.29, 1.82) is 0 Å². The van der Waals surface area contributed by atoms with E-state index in [1.807, 2.05) is 0 Å². The minimum Gasteiger partial charge on any atom is -0.483 e. The first-order valence-electron chi connectivity index (χ1n) is 7.80. The fourth-order valence-electron chi connectivity index (χ4n) is 2.97. The highest BCUT2D eigenvalue weighted by molar-refractivity contribution is 5.95. The van der Waals surface area contributed by atoms with E-state index in [1.54, 1.807) is 24.3 Å². The van der Waals surface area contributed by atoms with Crippen molar-refractivity contribution in [3.05, 3.63) is 29.8 Å². The lowest BCUT2D eigenvalue weighted by Gasteiger charge is -2.34. The Bertz CT molecular complexity index is 544. The van der Waals surface area contributed by atoms with Crippen molar-refractivity contribution >= 4 is 11.8 Å². The molecule has 3 N–H and O–H groups in total. The van der Waals surface area contributed by atoms with Crippen LogP contribution in [0.1, 0.15) is 43.5 Å². The molecule has 1 fully saturated rings. The van der Waals surface area contributed by atoms with Crippen LogP contribution in [0.25, 0.3) is 0 Å². The Morgan fingerprint density at radius 3 is 2.73 bits per heavy atom. The van der Waals surface area contributed by atoms with Gasteiger partial charge in [-0.05, 0) is 30.4 Å². The lowest BCUT2D eigenvalue weighted by Crippen LogP contribution is -2.45. The lowest BCUT2D eigenvalue weighted by atomic mass is 9.78. The number of carbonyl (C=O) groups excluding carboxylic acids is 2. The number of para-hydroxylation sites is 1. The van der Waals surface area contributed by atoms with Crippen LogP contribution in [-0.2, 0) is 4.79 Å². The van der Waals surface area contributed by atoms with Crippen molar-refractivity contribution < 1.29 is 14.3 Å². The number of primary amides is 1. The van der Waals surface area contributed by atoms with Gasteiger partial charge in [-0.2, -0.15) is 0 Å². The van der Waals surface area contributed by atoms with E-state index in [9.17, 15) is 9.59 Å². The predicted molar refractivity (Wildman–Crippen MR) is 84.6 cm³/mol. The van der Waals surface area contributed by atoms with Gasteiger partial charge in [-0.25, -0.2) is 0 Å². The highest BCUT2D eigenvalue weighted by Gasteiger charge is 2.28. The third-order valence-corrected chi connectivity index (χ3v) is 4.56. The number of hydrogen-bond donors (Lipinski definition) is 2. The highest BCUT2D eigenvalue weighted by Crippen LogP contribution is 2.29. The molecule has 3 atom stereocenters. The highest BCUT2D eigenvalue weighted by atomic mass is 16.5. The molecule has 1 aromatic rings. The van der Waals surface area contributed by atoms with Crippen molar-refractivity contribution in [2.45, 2.75) is 39.2 Å². The maximum atomic E-state index is 12.1. The molecule has 3 unspecified atom stereocenters. The second-order valence-electron chi connectivity index (χ2n) is 6.09. The van der Waals surface area contributed by atoms with Crippen LogP contribution in [0, 0.1) is 11.8 Å². The Hall–Kier alpha value is -2.04. The monoisotopic (exact) mass is 304 g/mol. The van der Waals surface area contributed by atoms with Crippen molar-refractivity contribution in [1.82, 2.24) is 5.32 Å². The molecule has 22 heavy (non-hydrogen) atoms. The summed E-state index contributed by atoms with van der Waals surface area (Å²) >= 11 is 0. The molecule has 120 valence electrons. The summed E-state index contributed by atoms with van der Waals surface area (Å²) in [7, 11) is 0. The number of benzene rings is 1. The molecular weight excluding hydrogens is 280 g/mol. The summed E-state index contributed by atoms with van der Waals surface area (Å²) in [4.78, 5) is 23.4. The SMILES string of the molecule is CC1CCCC(NC(=O)COc2ccccc2C(N)=O)C1C. The molecule has 0 heterocycles. The van der Waals surface area contributed by atoms with E-state index in [-0.39, 0.29) is 24.1 Å². The predicted octanol–water partition coefficient (Wildman–Crippen LogP) is 2.11. The van der Waals surface area contributed by atoms with Gasteiger partial charge in [0, 0.05) is 6.04 Å². The molecule has 0 aliphatic heterocycles. The zero-order valence-corrected chi connectivity index (χ0v) is 13.2. The normalized spacial score (nSPS) is 24.5. The van der Waals surface area contributed by atoms with Gasteiger partial charge in [0.15, 0.2) is 6.61 Å². The van der Waals surface area contributed by atoms with E-state index in [0.29, 0.717) is 17.6 Å². The van der Waals surface area contributed by atoms with Gasteiger partial charge < -0.3 is 15.8 Å². The molecular formula is C17H24N2O3. The third-order valence-electron chi connectivity index (χ3n) is 4.56. The van der Waals surface area contributed by atoms with Gasteiger partial charge >= 0.3 is 0 Å². The van der Waals surface area contributed by atoms with Crippen molar-refractivity contribution in [2.75, 3.05) is 6.61 Å². The Kier molecular flexibility index (Phi) is 5.41. The van der Waals surface area contributed by atoms with E-state index in [2.05, 4.69) is 19.2 Å². The summed E-state index contributed by atoms with van der Waals surface area (Å²) in [5.41, 5.74) is 5.57. The number of carbonyl (C=O) groups is 2. The molecule has 0 saturated heterocycles. The summed E-state index contributed by atoms with van der Waals surface area (Å²) in [6.45, 7) is 4.29. The summed E-state index contributed by atoms with van der Waals surface area (Å²) in [6.07, 6.45) is 3.37. The number of hydrogen-bond acceptors (Lipinski definition) is 3. The molecule has 0 bridgehead atoms. The average molecular weight is 304 g/mol. The first-order valence-corrected chi connectivity index (χ1v) is 7.80. The topological polar surface area (TPSA) is 81.4 Å². The fourth-order valence-corrected chi connectivity index (χ4v) is 2.97. The Morgan fingerprint density at radius 2 is 2.00 bits per heavy atom. The molecule has 1 aliphatic rings. The average Bonchev–Trinajstić information content (AvgIpc) is 2.50. The number of ether oxygens (including phenoxy) is 1. The van der Waals surface area contributed by atoms with Crippen LogP contribution in [0.5, 0.6) is 5.75 Å². The Balaban J connectivity index is 1.89. The number of nitrogens with two attached hydrogens (primary N) is 1. The Labute approximate surface area is 131 Å². The molecule has 0 radical (unpaired) electrons. The third kappa shape index (κ3) is 4.00. The van der Waals surface area contributed by atoms with Crippen LogP contribution >= 0.6 is 0 Å². The minimum absolute atomic E-state index is 0.109. The molecule has 0 aromatic heterocycles. The van der Waals surface area contributed by atoms with Crippen molar-refractivity contribution in [3.8, 4) is 5.75 Å². The van der Waals surface area contributed by atoms with Crippen LogP contribution in [0.4, 0.5) is 0 Å². The molecule has 2 amide bonds. The summed E-state index contributed by atoms with van der Waals surface area (Å²) < 4.78 is 5.45. The van der Waals surface area contributed by atoms with Crippen LogP contribution in [0.15, 0.2) is 24.3 Å². The summed E-state index contributed by atoms with van der Waals surface area (Å²) in [5.74, 6) is 0.706. The van der Waals surface area contributed by atoms with Gasteiger partial charge in [0.05, 0.1) is 5.56 Å². The largest absolute Gasteiger partial charge is 0.483 e. The molecule has 2 rings (SSSR count). The Morgan fingerprint density at radius 1 is 1.27 bits per heavy atom. The van der Waals surface area contributed by atoms with Gasteiger partial charge in [0.2, 0.25) is 0 Å². The molecule has 5 heteroatoms. The molecule has 1 aromatic carbocycles. The van der Waals surface area contributed by atoms with E-state index in [4.69, 9.17) is 10.5 Å². The maximum absolute atomic E-state index is 12.1. The van der Waals surface area contributed by atoms with Crippen LogP contribution < -0.4 is 15.8 Å². The first kappa shape index (κ1) is 16.3. The van der Waals surface area contributed by atoms with Gasteiger partial charge in [-0.15, -0.1) is 0 Å². The van der Waals surface area contributed by atoms with E-state index in [1.165, 1.54) is 6.42 Å². The van der Waals surface area contributed by atoms with Gasteiger partial charge in [-0.1, -0.05) is 38.8 Å². The van der Waals surface area contributed by atoms with Gasteiger partial charge in [-0.3, -0.25) is 9.59 Å². The second-order valence-corrected chi connectivity index (χ2v) is 6.09. The minimum atomic E-state index is -0.564. The molecule has 1 saturated carbocycles. The zero-order valence-electron chi connectivity index (χ0n) is 13.2. The molecule has 0 spiro atoms. The second kappa shape index (κ2) is 7.29. The smallest absolute Gasteiger partial charge is 0.258 e. The van der Waals surface area contributed by atoms with Crippen molar-refractivity contribution in [2.24, 2.45) is 17.6 Å². The van der Waals surface area contributed by atoms with E-state index in [0.717, 1.165) is 12.8 Å². The van der Waals surface area contributed by atoms with Crippen molar-refractivity contribution in [3.63, 3.8) is 0 Å². The summed E-state index contributed by atoms with van der Waals surface area (Å²) in [5, 5.41) is 3.04. The maximum Gasteiger partial charge on any atom is 0.258 e.